The summed E-state index contributed by atoms with van der Waals surface area (Å²) in [5, 5.41) is 8.77. The van der Waals surface area contributed by atoms with Crippen molar-refractivity contribution < 1.29 is 30.3 Å². The summed E-state index contributed by atoms with van der Waals surface area (Å²) in [4.78, 5) is 25.8. The van der Waals surface area contributed by atoms with Crippen LogP contribution in [0.15, 0.2) is 48.5 Å². The van der Waals surface area contributed by atoms with Crippen LogP contribution in [0.3, 0.4) is 0 Å². The zero-order valence-corrected chi connectivity index (χ0v) is 21.6. The molecule has 36 heavy (non-hydrogen) atoms. The molecule has 1 saturated heterocycles. The number of amides is 1. The Morgan fingerprint density at radius 3 is 2.42 bits per heavy atom. The van der Waals surface area contributed by atoms with E-state index in [-0.39, 0.29) is 18.4 Å². The number of para-hydroxylation sites is 1. The highest BCUT2D eigenvalue weighted by Crippen LogP contribution is 2.35. The van der Waals surface area contributed by atoms with Crippen LogP contribution >= 0.6 is 0 Å². The second-order valence-corrected chi connectivity index (χ2v) is 9.41. The van der Waals surface area contributed by atoms with Gasteiger partial charge in [0.05, 0.1) is 13.6 Å². The van der Waals surface area contributed by atoms with Gasteiger partial charge in [0.25, 0.3) is 5.91 Å². The lowest BCUT2D eigenvalue weighted by molar-refractivity contribution is -0.137. The zero-order valence-electron chi connectivity index (χ0n) is 22.6. The first-order valence-corrected chi connectivity index (χ1v) is 12.7. The van der Waals surface area contributed by atoms with Crippen LogP contribution in [0.25, 0.3) is 0 Å². The summed E-state index contributed by atoms with van der Waals surface area (Å²) < 4.78 is 26.3. The fraction of sp³-hybridized carbons (Fsp3) is 0.517. The van der Waals surface area contributed by atoms with Crippen LogP contribution < -0.4 is 4.74 Å². The summed E-state index contributed by atoms with van der Waals surface area (Å²) in [6.07, 6.45) is 3.76. The number of methoxy groups -OCH3 is 1. The van der Waals surface area contributed by atoms with E-state index in [4.69, 9.17) is 20.7 Å². The van der Waals surface area contributed by atoms with Gasteiger partial charge in [0, 0.05) is 63.3 Å². The van der Waals surface area contributed by atoms with Gasteiger partial charge in [-0.2, -0.15) is 0 Å². The van der Waals surface area contributed by atoms with Crippen molar-refractivity contribution in [1.29, 1.82) is 0 Å². The van der Waals surface area contributed by atoms with Crippen molar-refractivity contribution in [3.8, 4) is 5.75 Å². The molecular formula is C29H39NO6. The highest BCUT2D eigenvalue weighted by atomic mass is 16.5. The normalized spacial score (nSPS) is 16.3. The highest BCUT2D eigenvalue weighted by molar-refractivity contribution is 5.94. The smallest absolute Gasteiger partial charge is 0.303 e. The Morgan fingerprint density at radius 2 is 1.78 bits per heavy atom. The monoisotopic (exact) mass is 498 g/mol. The summed E-state index contributed by atoms with van der Waals surface area (Å²) in [6.45, 7) is 4.56. The molecule has 0 aromatic heterocycles. The maximum Gasteiger partial charge on any atom is 0.303 e. The number of unbranched alkanes of at least 4 members (excludes halogenated alkanes) is 2. The van der Waals surface area contributed by atoms with E-state index >= 15 is 0 Å². The Labute approximate surface area is 215 Å². The standard InChI is InChI=1S/C29H39NO6/c1-22(2)30(21-24-9-6-7-10-26(24)36-18-8-4-5-11-27(31)32)28(33)23-12-14-25(15-13-23)29(34-3)16-19-35-20-17-29/h6-7,9-10,12-15,22H,4-5,8,11,16-21H2,1-3H3,(H,31,32)/i21D. The van der Waals surface area contributed by atoms with Gasteiger partial charge in [0.2, 0.25) is 0 Å². The third-order valence-corrected chi connectivity index (χ3v) is 6.63. The molecule has 3 rings (SSSR count). The van der Waals surface area contributed by atoms with Gasteiger partial charge in [-0.1, -0.05) is 30.3 Å². The molecular weight excluding hydrogens is 458 g/mol. The van der Waals surface area contributed by atoms with Gasteiger partial charge in [-0.15, -0.1) is 0 Å². The molecule has 7 heteroatoms. The van der Waals surface area contributed by atoms with Crippen LogP contribution in [-0.4, -0.2) is 54.9 Å². The van der Waals surface area contributed by atoms with Crippen LogP contribution in [0.1, 0.15) is 75.2 Å². The van der Waals surface area contributed by atoms with E-state index in [1.54, 1.807) is 12.0 Å². The number of benzene rings is 2. The Balaban J connectivity index is 1.73. The first-order valence-electron chi connectivity index (χ1n) is 13.3. The van der Waals surface area contributed by atoms with Crippen LogP contribution in [-0.2, 0) is 26.4 Å². The summed E-state index contributed by atoms with van der Waals surface area (Å²) in [5.74, 6) is -0.447. The van der Waals surface area contributed by atoms with Gasteiger partial charge in [-0.3, -0.25) is 9.59 Å². The minimum atomic E-state index is -0.948. The van der Waals surface area contributed by atoms with Gasteiger partial charge >= 0.3 is 5.97 Å². The Kier molecular flexibility index (Phi) is 9.76. The van der Waals surface area contributed by atoms with Crippen molar-refractivity contribution in [3.05, 3.63) is 65.2 Å². The number of nitrogens with zero attached hydrogens (tertiary/aromatic N) is 1. The van der Waals surface area contributed by atoms with Gasteiger partial charge in [0.1, 0.15) is 5.75 Å². The average molecular weight is 499 g/mol. The van der Waals surface area contributed by atoms with Gasteiger partial charge in [-0.25, -0.2) is 0 Å². The number of carboxylic acid groups (broad SMARTS) is 1. The third-order valence-electron chi connectivity index (χ3n) is 6.63. The molecule has 0 aliphatic carbocycles. The molecule has 1 aliphatic rings. The molecule has 0 spiro atoms. The summed E-state index contributed by atoms with van der Waals surface area (Å²) in [7, 11) is 1.71. The van der Waals surface area contributed by atoms with E-state index < -0.39 is 18.1 Å². The van der Waals surface area contributed by atoms with E-state index in [2.05, 4.69) is 0 Å². The topological polar surface area (TPSA) is 85.3 Å². The number of hydrogen-bond acceptors (Lipinski definition) is 5. The molecule has 0 radical (unpaired) electrons. The minimum Gasteiger partial charge on any atom is -0.493 e. The molecule has 1 N–H and O–H groups in total. The van der Waals surface area contributed by atoms with E-state index in [1.807, 2.05) is 62.4 Å². The van der Waals surface area contributed by atoms with E-state index in [0.717, 1.165) is 31.2 Å². The number of carboxylic acids is 1. The van der Waals surface area contributed by atoms with Crippen molar-refractivity contribution in [1.82, 2.24) is 4.90 Å². The predicted octanol–water partition coefficient (Wildman–Crippen LogP) is 5.41. The predicted molar refractivity (Wildman–Crippen MR) is 138 cm³/mol. The average Bonchev–Trinajstić information content (AvgIpc) is 2.91. The summed E-state index contributed by atoms with van der Waals surface area (Å²) in [5.41, 5.74) is 1.76. The van der Waals surface area contributed by atoms with Crippen molar-refractivity contribution in [2.45, 2.75) is 70.5 Å². The number of hydrogen-bond donors (Lipinski definition) is 1. The molecule has 0 saturated carbocycles. The molecule has 1 fully saturated rings. The molecule has 1 amide bonds. The van der Waals surface area contributed by atoms with Crippen molar-refractivity contribution in [2.24, 2.45) is 0 Å². The third kappa shape index (κ3) is 7.31. The summed E-state index contributed by atoms with van der Waals surface area (Å²) in [6, 6.07) is 14.6. The first-order chi connectivity index (χ1) is 17.8. The number of carbonyl (C=O) groups excluding carboxylic acids is 1. The van der Waals surface area contributed by atoms with Gasteiger partial charge in [-0.05, 0) is 56.9 Å². The summed E-state index contributed by atoms with van der Waals surface area (Å²) >= 11 is 0. The molecule has 1 unspecified atom stereocenters. The maximum atomic E-state index is 13.6. The number of ether oxygens (including phenoxy) is 3. The molecule has 1 heterocycles. The molecule has 2 aromatic carbocycles. The first kappa shape index (κ1) is 26.2. The fourth-order valence-corrected chi connectivity index (χ4v) is 4.43. The molecule has 1 atom stereocenters. The van der Waals surface area contributed by atoms with E-state index in [0.29, 0.717) is 43.1 Å². The largest absolute Gasteiger partial charge is 0.493 e. The lowest BCUT2D eigenvalue weighted by atomic mass is 9.85. The van der Waals surface area contributed by atoms with Gasteiger partial charge in [0.15, 0.2) is 0 Å². The molecule has 7 nitrogen and oxygen atoms in total. The highest BCUT2D eigenvalue weighted by Gasteiger charge is 2.34. The number of carbonyl (C=O) groups is 2. The Bertz CT molecular complexity index is 1020. The Morgan fingerprint density at radius 1 is 1.08 bits per heavy atom. The van der Waals surface area contributed by atoms with Crippen LogP contribution in [0, 0.1) is 0 Å². The lowest BCUT2D eigenvalue weighted by Crippen LogP contribution is -2.37. The SMILES string of the molecule is [2H]C(c1ccccc1OCCCCCC(=O)O)N(C(=O)c1ccc(C2(OC)CCOCC2)cc1)C(C)C. The van der Waals surface area contributed by atoms with Crippen LogP contribution in [0.4, 0.5) is 0 Å². The van der Waals surface area contributed by atoms with Crippen LogP contribution in [0.5, 0.6) is 5.75 Å². The Hall–Kier alpha value is -2.90. The number of aliphatic carboxylic acids is 1. The minimum absolute atomic E-state index is 0.151. The molecule has 196 valence electrons. The maximum absolute atomic E-state index is 13.6. The van der Waals surface area contributed by atoms with Crippen LogP contribution in [0.2, 0.25) is 0 Å². The quantitative estimate of drug-likeness (QED) is 0.372. The lowest BCUT2D eigenvalue weighted by Gasteiger charge is -2.36. The van der Waals surface area contributed by atoms with Gasteiger partial charge < -0.3 is 24.2 Å². The zero-order chi connectivity index (χ0) is 26.8. The van der Waals surface area contributed by atoms with Crippen molar-refractivity contribution >= 4 is 11.9 Å². The van der Waals surface area contributed by atoms with Crippen molar-refractivity contribution in [3.63, 3.8) is 0 Å². The molecule has 1 aliphatic heterocycles. The molecule has 2 aromatic rings. The fourth-order valence-electron chi connectivity index (χ4n) is 4.43. The van der Waals surface area contributed by atoms with Crippen molar-refractivity contribution in [2.75, 3.05) is 26.9 Å². The molecule has 0 bridgehead atoms. The number of rotatable bonds is 13. The second kappa shape index (κ2) is 13.4. The van der Waals surface area contributed by atoms with E-state index in [1.165, 1.54) is 0 Å². The second-order valence-electron chi connectivity index (χ2n) is 9.41. The van der Waals surface area contributed by atoms with E-state index in [9.17, 15) is 9.59 Å².